The van der Waals surface area contributed by atoms with Gasteiger partial charge in [-0.1, -0.05) is 33.8 Å². The van der Waals surface area contributed by atoms with Crippen molar-refractivity contribution >= 4 is 31.0 Å². The minimum absolute atomic E-state index is 0.0236. The van der Waals surface area contributed by atoms with Crippen LogP contribution in [0.5, 0.6) is 5.75 Å². The summed E-state index contributed by atoms with van der Waals surface area (Å²) in [6.45, 7) is 9.29. The fraction of sp³-hybridized carbons (Fsp3) is 0.600. The number of amides is 4. The monoisotopic (exact) mass is 523 g/mol. The van der Waals surface area contributed by atoms with Gasteiger partial charge in [0.2, 0.25) is 19.2 Å². The number of aryl methyl sites for hydroxylation is 1. The van der Waals surface area contributed by atoms with Crippen LogP contribution in [-0.2, 0) is 14.2 Å². The number of fused-ring (bicyclic) bond motifs is 1. The van der Waals surface area contributed by atoms with Crippen molar-refractivity contribution in [3.63, 3.8) is 0 Å². The molecule has 0 bridgehead atoms. The molecule has 4 amide bonds. The van der Waals surface area contributed by atoms with E-state index in [2.05, 4.69) is 10.6 Å². The zero-order chi connectivity index (χ0) is 27.4. The molecule has 0 aliphatic carbocycles. The topological polar surface area (TPSA) is 142 Å². The average molecular weight is 524 g/mol. The van der Waals surface area contributed by atoms with Crippen molar-refractivity contribution in [2.24, 2.45) is 17.8 Å². The molecule has 2 rings (SSSR count). The van der Waals surface area contributed by atoms with Crippen LogP contribution in [0.1, 0.15) is 66.8 Å². The van der Waals surface area contributed by atoms with E-state index in [4.69, 9.17) is 4.74 Å². The van der Waals surface area contributed by atoms with Gasteiger partial charge in [-0.25, -0.2) is 0 Å². The standard InChI is InChI=1S/C25H38N3O7P/c1-14(2)10-17(22(29)27-18(11-15(3)4)23(30)26-6)12-36(33,34)13-28-24(31)20-16(5)8-9-19(35-7)21(20)25(28)32/h8-9,14-15,17-18H,10-13H2,1-7H3,(H,26,30)(H,27,29)(H,33,34)/t17-,18+/m1/s1. The zero-order valence-electron chi connectivity index (χ0n) is 22.1. The summed E-state index contributed by atoms with van der Waals surface area (Å²) >= 11 is 0. The number of nitrogens with zero attached hydrogens (tertiary/aromatic N) is 1. The number of carbonyl (C=O) groups excluding carboxylic acids is 4. The van der Waals surface area contributed by atoms with E-state index in [9.17, 15) is 28.6 Å². The average Bonchev–Trinajstić information content (AvgIpc) is 3.02. The number of likely N-dealkylation sites (N-methyl/N-ethyl adjacent to an activating group) is 1. The molecule has 11 heteroatoms. The van der Waals surface area contributed by atoms with Crippen molar-refractivity contribution in [3.8, 4) is 5.75 Å². The summed E-state index contributed by atoms with van der Waals surface area (Å²) in [6.07, 6.45) is -0.433. The smallest absolute Gasteiger partial charge is 0.265 e. The lowest BCUT2D eigenvalue weighted by atomic mass is 9.96. The minimum atomic E-state index is -4.17. The Morgan fingerprint density at radius 2 is 1.61 bits per heavy atom. The largest absolute Gasteiger partial charge is 0.496 e. The Morgan fingerprint density at radius 3 is 2.14 bits per heavy atom. The number of methoxy groups -OCH3 is 1. The molecule has 0 saturated heterocycles. The molecular weight excluding hydrogens is 485 g/mol. The number of ether oxygens (including phenoxy) is 1. The quantitative estimate of drug-likeness (QED) is 0.282. The molecule has 3 N–H and O–H groups in total. The number of hydrogen-bond donors (Lipinski definition) is 3. The lowest BCUT2D eigenvalue weighted by Gasteiger charge is -2.26. The van der Waals surface area contributed by atoms with Crippen LogP contribution in [0.3, 0.4) is 0 Å². The van der Waals surface area contributed by atoms with Crippen LogP contribution in [0.15, 0.2) is 12.1 Å². The molecule has 1 unspecified atom stereocenters. The fourth-order valence-corrected chi connectivity index (χ4v) is 6.28. The third-order valence-electron chi connectivity index (χ3n) is 6.09. The van der Waals surface area contributed by atoms with Crippen LogP contribution < -0.4 is 15.4 Å². The zero-order valence-corrected chi connectivity index (χ0v) is 23.0. The molecule has 1 aliphatic rings. The van der Waals surface area contributed by atoms with E-state index in [1.54, 1.807) is 19.1 Å². The molecule has 200 valence electrons. The highest BCUT2D eigenvalue weighted by Gasteiger charge is 2.43. The SMILES string of the molecule is CNC(=O)[C@H](CC(C)C)NC(=O)[C@H](CC(C)C)CP(=O)(O)CN1C(=O)c2c(C)ccc(OC)c2C1=O. The molecule has 1 aliphatic heterocycles. The van der Waals surface area contributed by atoms with E-state index >= 15 is 0 Å². The van der Waals surface area contributed by atoms with E-state index in [0.29, 0.717) is 18.4 Å². The second-order valence-electron chi connectivity index (χ2n) is 10.2. The number of benzene rings is 1. The first-order valence-corrected chi connectivity index (χ1v) is 14.1. The highest BCUT2D eigenvalue weighted by Crippen LogP contribution is 2.46. The van der Waals surface area contributed by atoms with Crippen LogP contribution in [0.4, 0.5) is 0 Å². The molecule has 36 heavy (non-hydrogen) atoms. The minimum Gasteiger partial charge on any atom is -0.496 e. The van der Waals surface area contributed by atoms with Crippen molar-refractivity contribution in [2.45, 2.75) is 53.5 Å². The van der Waals surface area contributed by atoms with Crippen molar-refractivity contribution in [1.82, 2.24) is 15.5 Å². The van der Waals surface area contributed by atoms with Crippen LogP contribution in [0.25, 0.3) is 0 Å². The van der Waals surface area contributed by atoms with Gasteiger partial charge >= 0.3 is 0 Å². The van der Waals surface area contributed by atoms with E-state index in [-0.39, 0.29) is 34.6 Å². The van der Waals surface area contributed by atoms with E-state index < -0.39 is 49.5 Å². The molecule has 0 aromatic heterocycles. The van der Waals surface area contributed by atoms with E-state index in [1.807, 2.05) is 27.7 Å². The molecular formula is C25H38N3O7P. The molecule has 1 heterocycles. The Hall–Kier alpha value is -2.71. The van der Waals surface area contributed by atoms with Crippen LogP contribution in [0.2, 0.25) is 0 Å². The van der Waals surface area contributed by atoms with Crippen molar-refractivity contribution in [2.75, 3.05) is 26.6 Å². The maximum atomic E-state index is 13.3. The Morgan fingerprint density at radius 1 is 1.03 bits per heavy atom. The number of nitrogens with one attached hydrogen (secondary N) is 2. The van der Waals surface area contributed by atoms with Gasteiger partial charge in [-0.3, -0.25) is 28.6 Å². The van der Waals surface area contributed by atoms with E-state index in [0.717, 1.165) is 4.90 Å². The van der Waals surface area contributed by atoms with Gasteiger partial charge in [0.1, 0.15) is 18.1 Å². The molecule has 1 aromatic carbocycles. The van der Waals surface area contributed by atoms with Crippen LogP contribution in [-0.4, -0.2) is 66.1 Å². The predicted octanol–water partition coefficient (Wildman–Crippen LogP) is 2.77. The fourth-order valence-electron chi connectivity index (χ4n) is 4.46. The second-order valence-corrected chi connectivity index (χ2v) is 12.5. The Labute approximate surface area is 212 Å². The summed E-state index contributed by atoms with van der Waals surface area (Å²) < 4.78 is 18.5. The maximum Gasteiger partial charge on any atom is 0.265 e. The lowest BCUT2D eigenvalue weighted by Crippen LogP contribution is -2.49. The summed E-state index contributed by atoms with van der Waals surface area (Å²) in [4.78, 5) is 63.1. The summed E-state index contributed by atoms with van der Waals surface area (Å²) in [6, 6.07) is 2.44. The Bertz CT molecular complexity index is 1070. The number of carbonyl (C=O) groups is 4. The number of hydrogen-bond acceptors (Lipinski definition) is 6. The van der Waals surface area contributed by atoms with Crippen LogP contribution >= 0.6 is 7.37 Å². The van der Waals surface area contributed by atoms with Crippen LogP contribution in [0, 0.1) is 24.7 Å². The van der Waals surface area contributed by atoms with Gasteiger partial charge in [-0.15, -0.1) is 0 Å². The summed E-state index contributed by atoms with van der Waals surface area (Å²) in [5.74, 6) is -2.73. The molecule has 0 saturated carbocycles. The summed E-state index contributed by atoms with van der Waals surface area (Å²) in [7, 11) is -1.31. The molecule has 10 nitrogen and oxygen atoms in total. The first-order valence-electron chi connectivity index (χ1n) is 12.1. The summed E-state index contributed by atoms with van der Waals surface area (Å²) in [5.41, 5.74) is 0.779. The van der Waals surface area contributed by atoms with Gasteiger partial charge in [-0.05, 0) is 43.2 Å². The number of rotatable bonds is 12. The van der Waals surface area contributed by atoms with Gasteiger partial charge in [0.15, 0.2) is 0 Å². The lowest BCUT2D eigenvalue weighted by molar-refractivity contribution is -0.131. The third-order valence-corrected chi connectivity index (χ3v) is 7.83. The molecule has 1 aromatic rings. The third kappa shape index (κ3) is 6.95. The van der Waals surface area contributed by atoms with Gasteiger partial charge in [0.05, 0.1) is 18.2 Å². The van der Waals surface area contributed by atoms with Gasteiger partial charge in [0, 0.05) is 19.1 Å². The highest BCUT2D eigenvalue weighted by molar-refractivity contribution is 7.58. The predicted molar refractivity (Wildman–Crippen MR) is 136 cm³/mol. The van der Waals surface area contributed by atoms with Crippen molar-refractivity contribution in [3.05, 3.63) is 28.8 Å². The van der Waals surface area contributed by atoms with Crippen molar-refractivity contribution < 1.29 is 33.4 Å². The van der Waals surface area contributed by atoms with Gasteiger partial charge in [0.25, 0.3) is 11.8 Å². The first-order chi connectivity index (χ1) is 16.7. The normalized spacial score (nSPS) is 16.6. The maximum absolute atomic E-state index is 13.3. The Balaban J connectivity index is 2.25. The van der Waals surface area contributed by atoms with Gasteiger partial charge in [-0.2, -0.15) is 0 Å². The molecule has 0 spiro atoms. The Kier molecular flexibility index (Phi) is 9.85. The second kappa shape index (κ2) is 12.0. The number of imide groups is 1. The van der Waals surface area contributed by atoms with Gasteiger partial charge < -0.3 is 20.3 Å². The summed E-state index contributed by atoms with van der Waals surface area (Å²) in [5, 5.41) is 5.26. The van der Waals surface area contributed by atoms with Crippen molar-refractivity contribution in [1.29, 1.82) is 0 Å². The highest BCUT2D eigenvalue weighted by atomic mass is 31.2. The first kappa shape index (κ1) is 29.5. The molecule has 0 radical (unpaired) electrons. The molecule has 0 fully saturated rings. The molecule has 3 atom stereocenters. The van der Waals surface area contributed by atoms with E-state index in [1.165, 1.54) is 14.2 Å².